The van der Waals surface area contributed by atoms with Crippen LogP contribution in [-0.4, -0.2) is 19.5 Å². The van der Waals surface area contributed by atoms with Crippen molar-refractivity contribution in [3.8, 4) is 39.9 Å². The van der Waals surface area contributed by atoms with Gasteiger partial charge in [-0.15, -0.1) is 0 Å². The minimum absolute atomic E-state index is 0.569. The van der Waals surface area contributed by atoms with E-state index in [1.165, 1.54) is 5.56 Å². The van der Waals surface area contributed by atoms with E-state index in [1.54, 1.807) is 0 Å². The van der Waals surface area contributed by atoms with Gasteiger partial charge in [-0.1, -0.05) is 109 Å². The highest BCUT2D eigenvalue weighted by atomic mass is 16.3. The Morgan fingerprint density at radius 3 is 1.69 bits per heavy atom. The van der Waals surface area contributed by atoms with Crippen LogP contribution < -0.4 is 0 Å². The molecule has 0 saturated carbocycles. The van der Waals surface area contributed by atoms with Gasteiger partial charge in [0.1, 0.15) is 11.2 Å². The monoisotopic (exact) mass is 578 g/mol. The van der Waals surface area contributed by atoms with Crippen molar-refractivity contribution >= 4 is 43.7 Å². The quantitative estimate of drug-likeness (QED) is 0.208. The van der Waals surface area contributed by atoms with Crippen LogP contribution >= 0.6 is 0 Å². The third kappa shape index (κ3) is 4.20. The van der Waals surface area contributed by atoms with Crippen LogP contribution in [0.1, 0.15) is 5.56 Å². The number of hydrogen-bond donors (Lipinski definition) is 0. The third-order valence-corrected chi connectivity index (χ3v) is 8.54. The lowest BCUT2D eigenvalue weighted by molar-refractivity contribution is 0.668. The van der Waals surface area contributed by atoms with Crippen molar-refractivity contribution in [1.82, 2.24) is 19.5 Å². The zero-order valence-corrected chi connectivity index (χ0v) is 24.5. The van der Waals surface area contributed by atoms with Crippen LogP contribution in [0.3, 0.4) is 0 Å². The van der Waals surface area contributed by atoms with Crippen LogP contribution in [-0.2, 0) is 0 Å². The predicted molar refractivity (Wildman–Crippen MR) is 182 cm³/mol. The smallest absolute Gasteiger partial charge is 0.238 e. The Morgan fingerprint density at radius 1 is 0.444 bits per heavy atom. The standard InChI is InChI=1S/C40H26N4O/c1-25-15-21-32-33-22-20-29(24-37(33)45-36(32)23-25)39-41-38(28-18-16-27(17-19-28)26-9-3-2-4-10-26)42-40(43-39)44-34-13-7-5-11-30(34)31-12-6-8-14-35(31)44/h2-24H,1H3. The van der Waals surface area contributed by atoms with E-state index in [1.807, 2.05) is 12.1 Å². The van der Waals surface area contributed by atoms with Crippen LogP contribution in [0, 0.1) is 6.92 Å². The fourth-order valence-electron chi connectivity index (χ4n) is 6.33. The van der Waals surface area contributed by atoms with Gasteiger partial charge >= 0.3 is 0 Å². The third-order valence-electron chi connectivity index (χ3n) is 8.54. The SMILES string of the molecule is Cc1ccc2c(c1)oc1cc(-c3nc(-c4ccc(-c5ccccc5)cc4)nc(-n4c5ccccc5c5ccccc54)n3)ccc12. The molecule has 0 atom stereocenters. The second kappa shape index (κ2) is 10.00. The summed E-state index contributed by atoms with van der Waals surface area (Å²) in [6, 6.07) is 48.1. The van der Waals surface area contributed by atoms with Crippen LogP contribution in [0.15, 0.2) is 144 Å². The van der Waals surface area contributed by atoms with Crippen molar-refractivity contribution in [1.29, 1.82) is 0 Å². The Balaban J connectivity index is 1.27. The molecular weight excluding hydrogens is 552 g/mol. The van der Waals surface area contributed by atoms with Crippen LogP contribution in [0.2, 0.25) is 0 Å². The first kappa shape index (κ1) is 25.4. The Labute approximate surface area is 259 Å². The van der Waals surface area contributed by atoms with Gasteiger partial charge in [0.05, 0.1) is 11.0 Å². The normalized spacial score (nSPS) is 11.7. The van der Waals surface area contributed by atoms with Gasteiger partial charge in [0.25, 0.3) is 0 Å². The number of hydrogen-bond acceptors (Lipinski definition) is 4. The van der Waals surface area contributed by atoms with Gasteiger partial charge < -0.3 is 4.42 Å². The molecule has 212 valence electrons. The van der Waals surface area contributed by atoms with Crippen molar-refractivity contribution in [3.05, 3.63) is 145 Å². The van der Waals surface area contributed by atoms with Gasteiger partial charge in [-0.2, -0.15) is 9.97 Å². The zero-order valence-electron chi connectivity index (χ0n) is 24.5. The number of aryl methyl sites for hydroxylation is 1. The number of furan rings is 1. The van der Waals surface area contributed by atoms with Gasteiger partial charge in [-0.3, -0.25) is 4.57 Å². The first-order chi connectivity index (χ1) is 22.2. The molecule has 5 heteroatoms. The average Bonchev–Trinajstić information content (AvgIpc) is 3.63. The average molecular weight is 579 g/mol. The number of para-hydroxylation sites is 2. The fraction of sp³-hybridized carbons (Fsp3) is 0.0250. The van der Waals surface area contributed by atoms with Gasteiger partial charge in [0, 0.05) is 32.7 Å². The molecule has 0 N–H and O–H groups in total. The number of nitrogens with zero attached hydrogens (tertiary/aromatic N) is 4. The Hall–Kier alpha value is -6.07. The highest BCUT2D eigenvalue weighted by molar-refractivity contribution is 6.09. The fourth-order valence-corrected chi connectivity index (χ4v) is 6.33. The molecule has 45 heavy (non-hydrogen) atoms. The molecule has 0 spiro atoms. The number of benzene rings is 6. The maximum Gasteiger partial charge on any atom is 0.238 e. The summed E-state index contributed by atoms with van der Waals surface area (Å²) in [7, 11) is 0. The molecule has 0 aliphatic rings. The van der Waals surface area contributed by atoms with Crippen LogP contribution in [0.4, 0.5) is 0 Å². The molecule has 0 aliphatic carbocycles. The summed E-state index contributed by atoms with van der Waals surface area (Å²) in [6.45, 7) is 2.08. The summed E-state index contributed by atoms with van der Waals surface area (Å²) in [6.07, 6.45) is 0. The van der Waals surface area contributed by atoms with Gasteiger partial charge in [-0.25, -0.2) is 4.98 Å². The van der Waals surface area contributed by atoms with Crippen LogP contribution in [0.5, 0.6) is 0 Å². The molecule has 6 aromatic carbocycles. The summed E-state index contributed by atoms with van der Waals surface area (Å²) < 4.78 is 8.45. The second-order valence-electron chi connectivity index (χ2n) is 11.4. The molecule has 0 unspecified atom stereocenters. The van der Waals surface area contributed by atoms with E-state index < -0.39 is 0 Å². The lowest BCUT2D eigenvalue weighted by Crippen LogP contribution is -2.06. The first-order valence-electron chi connectivity index (χ1n) is 15.0. The van der Waals surface area contributed by atoms with E-state index in [0.717, 1.165) is 66.0 Å². The molecule has 3 heterocycles. The molecule has 0 aliphatic heterocycles. The maximum absolute atomic E-state index is 6.31. The molecule has 3 aromatic heterocycles. The summed E-state index contributed by atoms with van der Waals surface area (Å²) in [5, 5.41) is 4.48. The molecule has 0 saturated heterocycles. The van der Waals surface area contributed by atoms with E-state index in [0.29, 0.717) is 17.6 Å². The largest absolute Gasteiger partial charge is 0.456 e. The molecular formula is C40H26N4O. The Morgan fingerprint density at radius 2 is 0.978 bits per heavy atom. The van der Waals surface area contributed by atoms with Gasteiger partial charge in [-0.05, 0) is 53.9 Å². The molecule has 5 nitrogen and oxygen atoms in total. The lowest BCUT2D eigenvalue weighted by Gasteiger charge is -2.11. The highest BCUT2D eigenvalue weighted by Gasteiger charge is 2.18. The molecule has 9 aromatic rings. The number of aromatic nitrogens is 4. The molecule has 0 bridgehead atoms. The van der Waals surface area contributed by atoms with Crippen molar-refractivity contribution in [2.45, 2.75) is 6.92 Å². The van der Waals surface area contributed by atoms with Crippen molar-refractivity contribution in [3.63, 3.8) is 0 Å². The topological polar surface area (TPSA) is 56.7 Å². The van der Waals surface area contributed by atoms with E-state index in [9.17, 15) is 0 Å². The first-order valence-corrected chi connectivity index (χ1v) is 15.0. The zero-order chi connectivity index (χ0) is 29.9. The highest BCUT2D eigenvalue weighted by Crippen LogP contribution is 2.35. The van der Waals surface area contributed by atoms with Crippen molar-refractivity contribution in [2.75, 3.05) is 0 Å². The van der Waals surface area contributed by atoms with Gasteiger partial charge in [0.2, 0.25) is 5.95 Å². The predicted octanol–water partition coefficient (Wildman–Crippen LogP) is 10.2. The Bertz CT molecular complexity index is 2490. The van der Waals surface area contributed by atoms with Crippen LogP contribution in [0.25, 0.3) is 83.6 Å². The van der Waals surface area contributed by atoms with E-state index in [2.05, 4.69) is 139 Å². The van der Waals surface area contributed by atoms with E-state index in [-0.39, 0.29) is 0 Å². The molecule has 0 radical (unpaired) electrons. The summed E-state index contributed by atoms with van der Waals surface area (Å²) in [4.78, 5) is 15.3. The minimum atomic E-state index is 0.569. The van der Waals surface area contributed by atoms with Crippen molar-refractivity contribution in [2.24, 2.45) is 0 Å². The van der Waals surface area contributed by atoms with Crippen molar-refractivity contribution < 1.29 is 4.42 Å². The summed E-state index contributed by atoms with van der Waals surface area (Å²) in [5.41, 5.74) is 9.03. The molecule has 9 rings (SSSR count). The van der Waals surface area contributed by atoms with E-state index >= 15 is 0 Å². The van der Waals surface area contributed by atoms with Gasteiger partial charge in [0.15, 0.2) is 11.6 Å². The Kier molecular flexibility index (Phi) is 5.65. The second-order valence-corrected chi connectivity index (χ2v) is 11.4. The summed E-state index contributed by atoms with van der Waals surface area (Å²) in [5.74, 6) is 1.76. The summed E-state index contributed by atoms with van der Waals surface area (Å²) >= 11 is 0. The minimum Gasteiger partial charge on any atom is -0.456 e. The molecule has 0 fully saturated rings. The van der Waals surface area contributed by atoms with E-state index in [4.69, 9.17) is 19.4 Å². The maximum atomic E-state index is 6.31. The number of rotatable bonds is 4. The molecule has 0 amide bonds. The lowest BCUT2D eigenvalue weighted by atomic mass is 10.0. The number of fused-ring (bicyclic) bond motifs is 6.